The second-order valence-corrected chi connectivity index (χ2v) is 4.27. The van der Waals surface area contributed by atoms with E-state index in [0.717, 1.165) is 16.5 Å². The molecule has 1 heterocycles. The van der Waals surface area contributed by atoms with Crippen LogP contribution in [-0.2, 0) is 4.79 Å². The zero-order valence-corrected chi connectivity index (χ0v) is 9.80. The van der Waals surface area contributed by atoms with Crippen molar-refractivity contribution in [1.82, 2.24) is 0 Å². The molecule has 1 aromatic carbocycles. The first-order valence-electron chi connectivity index (χ1n) is 5.41. The molecule has 0 aromatic heterocycles. The lowest BCUT2D eigenvalue weighted by molar-refractivity contribution is -0.114. The summed E-state index contributed by atoms with van der Waals surface area (Å²) in [6.07, 6.45) is 0.469. The molecule has 0 fully saturated rings. The molecule has 94 valence electrons. The maximum Gasteiger partial charge on any atom is 0.299 e. The molecule has 5 heteroatoms. The van der Waals surface area contributed by atoms with Crippen molar-refractivity contribution >= 4 is 17.4 Å². The number of anilines is 1. The van der Waals surface area contributed by atoms with Crippen LogP contribution in [0, 0.1) is 11.6 Å². The Bertz CT molecular complexity index is 566. The number of rotatable bonds is 3. The van der Waals surface area contributed by atoms with E-state index in [4.69, 9.17) is 0 Å². The zero-order chi connectivity index (χ0) is 13.4. The van der Waals surface area contributed by atoms with Crippen LogP contribution in [-0.4, -0.2) is 18.2 Å². The second-order valence-electron chi connectivity index (χ2n) is 4.27. The van der Waals surface area contributed by atoms with Gasteiger partial charge in [-0.1, -0.05) is 5.57 Å². The average Bonchev–Trinajstić information content (AvgIpc) is 2.49. The number of halogens is 2. The quantitative estimate of drug-likeness (QED) is 0.611. The van der Waals surface area contributed by atoms with Crippen molar-refractivity contribution in [1.29, 1.82) is 0 Å². The number of ketones is 1. The maximum absolute atomic E-state index is 13.5. The Morgan fingerprint density at radius 1 is 1.33 bits per heavy atom. The topological polar surface area (TPSA) is 37.4 Å². The molecule has 0 aliphatic carbocycles. The fourth-order valence-electron chi connectivity index (χ4n) is 1.86. The molecule has 0 saturated heterocycles. The highest BCUT2D eigenvalue weighted by Crippen LogP contribution is 2.32. The van der Waals surface area contributed by atoms with Crippen molar-refractivity contribution in [3.8, 4) is 0 Å². The van der Waals surface area contributed by atoms with E-state index in [1.807, 2.05) is 0 Å². The lowest BCUT2D eigenvalue weighted by Crippen LogP contribution is -2.30. The fraction of sp³-hybridized carbons (Fsp3) is 0.231. The predicted molar refractivity (Wildman–Crippen MR) is 62.5 cm³/mol. The SMILES string of the molecule is C=C(C)CCN1C(=O)C(=O)c2c(F)cc(F)cc21. The Labute approximate surface area is 103 Å². The highest BCUT2D eigenvalue weighted by atomic mass is 19.1. The molecule has 0 N–H and O–H groups in total. The third kappa shape index (κ3) is 1.92. The number of hydrogen-bond acceptors (Lipinski definition) is 2. The first kappa shape index (κ1) is 12.4. The van der Waals surface area contributed by atoms with E-state index in [-0.39, 0.29) is 17.8 Å². The molecular weight excluding hydrogens is 240 g/mol. The van der Waals surface area contributed by atoms with Crippen molar-refractivity contribution < 1.29 is 18.4 Å². The normalized spacial score (nSPS) is 14.1. The lowest BCUT2D eigenvalue weighted by atomic mass is 10.1. The number of hydrogen-bond donors (Lipinski definition) is 0. The summed E-state index contributed by atoms with van der Waals surface area (Å²) < 4.78 is 26.6. The molecule has 0 unspecified atom stereocenters. The summed E-state index contributed by atoms with van der Waals surface area (Å²) in [5.74, 6) is -3.56. The number of amides is 1. The first-order chi connectivity index (χ1) is 8.41. The van der Waals surface area contributed by atoms with Crippen LogP contribution in [0.4, 0.5) is 14.5 Å². The molecule has 0 spiro atoms. The minimum absolute atomic E-state index is 0.00347. The summed E-state index contributed by atoms with van der Waals surface area (Å²) in [5.41, 5.74) is 0.479. The van der Waals surface area contributed by atoms with Crippen molar-refractivity contribution in [2.75, 3.05) is 11.4 Å². The first-order valence-corrected chi connectivity index (χ1v) is 5.41. The van der Waals surface area contributed by atoms with Gasteiger partial charge in [0.05, 0.1) is 11.3 Å². The van der Waals surface area contributed by atoms with E-state index in [1.165, 1.54) is 0 Å². The minimum Gasteiger partial charge on any atom is -0.304 e. The number of carbonyl (C=O) groups excluding carboxylic acids is 2. The highest BCUT2D eigenvalue weighted by Gasteiger charge is 2.38. The molecule has 2 rings (SSSR count). The van der Waals surface area contributed by atoms with E-state index >= 15 is 0 Å². The van der Waals surface area contributed by atoms with Gasteiger partial charge in [0.15, 0.2) is 0 Å². The third-order valence-corrected chi connectivity index (χ3v) is 2.75. The Balaban J connectivity index is 2.44. The summed E-state index contributed by atoms with van der Waals surface area (Å²) >= 11 is 0. The minimum atomic E-state index is -0.999. The summed E-state index contributed by atoms with van der Waals surface area (Å²) in [7, 11) is 0. The predicted octanol–water partition coefficient (Wildman–Crippen LogP) is 2.46. The van der Waals surface area contributed by atoms with Crippen molar-refractivity contribution in [2.45, 2.75) is 13.3 Å². The van der Waals surface area contributed by atoms with Crippen molar-refractivity contribution in [3.05, 3.63) is 41.5 Å². The molecule has 18 heavy (non-hydrogen) atoms. The molecule has 1 aliphatic rings. The van der Waals surface area contributed by atoms with Crippen LogP contribution in [0.5, 0.6) is 0 Å². The second kappa shape index (κ2) is 4.33. The standard InChI is InChI=1S/C13H11F2NO2/c1-7(2)3-4-16-10-6-8(14)5-9(15)11(10)12(17)13(16)18/h5-6H,1,3-4H2,2H3. The van der Waals surface area contributed by atoms with Gasteiger partial charge in [0.1, 0.15) is 11.6 Å². The van der Waals surface area contributed by atoms with Gasteiger partial charge in [-0.3, -0.25) is 9.59 Å². The van der Waals surface area contributed by atoms with Gasteiger partial charge in [0.2, 0.25) is 0 Å². The van der Waals surface area contributed by atoms with Crippen molar-refractivity contribution in [2.24, 2.45) is 0 Å². The van der Waals surface area contributed by atoms with Crippen LogP contribution in [0.15, 0.2) is 24.3 Å². The Morgan fingerprint density at radius 2 is 2.00 bits per heavy atom. The third-order valence-electron chi connectivity index (χ3n) is 2.75. The van der Waals surface area contributed by atoms with E-state index in [2.05, 4.69) is 6.58 Å². The number of fused-ring (bicyclic) bond motifs is 1. The highest BCUT2D eigenvalue weighted by molar-refractivity contribution is 6.52. The molecule has 3 nitrogen and oxygen atoms in total. The lowest BCUT2D eigenvalue weighted by Gasteiger charge is -2.16. The van der Waals surface area contributed by atoms with Crippen LogP contribution in [0.3, 0.4) is 0 Å². The number of benzene rings is 1. The van der Waals surface area contributed by atoms with Crippen molar-refractivity contribution in [3.63, 3.8) is 0 Å². The van der Waals surface area contributed by atoms with Crippen LogP contribution in [0.25, 0.3) is 0 Å². The van der Waals surface area contributed by atoms with Gasteiger partial charge in [-0.15, -0.1) is 6.58 Å². The largest absolute Gasteiger partial charge is 0.304 e. The van der Waals surface area contributed by atoms with E-state index in [0.29, 0.717) is 12.5 Å². The van der Waals surface area contributed by atoms with Crippen LogP contribution >= 0.6 is 0 Å². The van der Waals surface area contributed by atoms with Crippen LogP contribution in [0.1, 0.15) is 23.7 Å². The molecular formula is C13H11F2NO2. The Kier molecular flexibility index (Phi) is 2.98. The molecule has 0 atom stereocenters. The smallest absolute Gasteiger partial charge is 0.299 e. The average molecular weight is 251 g/mol. The summed E-state index contributed by atoms with van der Waals surface area (Å²) in [4.78, 5) is 24.4. The Hall–Kier alpha value is -2.04. The zero-order valence-electron chi connectivity index (χ0n) is 9.80. The van der Waals surface area contributed by atoms with Gasteiger partial charge < -0.3 is 4.90 Å². The van der Waals surface area contributed by atoms with E-state index in [1.54, 1.807) is 6.92 Å². The van der Waals surface area contributed by atoms with Gasteiger partial charge >= 0.3 is 0 Å². The maximum atomic E-state index is 13.5. The summed E-state index contributed by atoms with van der Waals surface area (Å²) in [5, 5.41) is 0. The Morgan fingerprint density at radius 3 is 2.61 bits per heavy atom. The van der Waals surface area contributed by atoms with Gasteiger partial charge in [0.25, 0.3) is 11.7 Å². The number of Topliss-reactive ketones (excluding diaryl/α,β-unsaturated/α-hetero) is 1. The van der Waals surface area contributed by atoms with Crippen LogP contribution in [0.2, 0.25) is 0 Å². The van der Waals surface area contributed by atoms with Gasteiger partial charge in [-0.2, -0.15) is 0 Å². The van der Waals surface area contributed by atoms with E-state index < -0.39 is 23.3 Å². The molecule has 1 aliphatic heterocycles. The number of nitrogens with zero attached hydrogens (tertiary/aromatic N) is 1. The van der Waals surface area contributed by atoms with Gasteiger partial charge in [-0.25, -0.2) is 8.78 Å². The molecule has 1 amide bonds. The molecule has 0 radical (unpaired) electrons. The molecule has 1 aromatic rings. The van der Waals surface area contributed by atoms with E-state index in [9.17, 15) is 18.4 Å². The van der Waals surface area contributed by atoms with Gasteiger partial charge in [0, 0.05) is 12.6 Å². The molecule has 0 saturated carbocycles. The summed E-state index contributed by atoms with van der Waals surface area (Å²) in [6, 6.07) is 1.60. The molecule has 0 bridgehead atoms. The number of carbonyl (C=O) groups is 2. The fourth-order valence-corrected chi connectivity index (χ4v) is 1.86. The summed E-state index contributed by atoms with van der Waals surface area (Å²) in [6.45, 7) is 5.64. The van der Waals surface area contributed by atoms with Gasteiger partial charge in [-0.05, 0) is 19.4 Å². The monoisotopic (exact) mass is 251 g/mol. The van der Waals surface area contributed by atoms with Crippen LogP contribution < -0.4 is 4.90 Å².